The van der Waals surface area contributed by atoms with E-state index in [-0.39, 0.29) is 10.7 Å². The second-order valence-corrected chi connectivity index (χ2v) is 6.82. The number of aromatic carboxylic acids is 1. The number of benzene rings is 2. The van der Waals surface area contributed by atoms with Crippen LogP contribution in [0.5, 0.6) is 5.75 Å². The van der Waals surface area contributed by atoms with Gasteiger partial charge in [-0.3, -0.25) is 10.1 Å². The van der Waals surface area contributed by atoms with Gasteiger partial charge in [0.2, 0.25) is 0 Å². The van der Waals surface area contributed by atoms with Gasteiger partial charge in [-0.15, -0.1) is 0 Å². The van der Waals surface area contributed by atoms with Gasteiger partial charge in [0.15, 0.2) is 5.11 Å². The number of ether oxygens (including phenoxy) is 1. The number of rotatable bonds is 4. The fourth-order valence-electron chi connectivity index (χ4n) is 2.50. The van der Waals surface area contributed by atoms with Crippen LogP contribution in [0.3, 0.4) is 0 Å². The summed E-state index contributed by atoms with van der Waals surface area (Å²) in [6, 6.07) is 8.26. The van der Waals surface area contributed by atoms with Crippen LogP contribution in [0.25, 0.3) is 0 Å². The van der Waals surface area contributed by atoms with Gasteiger partial charge in [-0.05, 0) is 61.5 Å². The van der Waals surface area contributed by atoms with Crippen LogP contribution in [-0.4, -0.2) is 29.2 Å². The van der Waals surface area contributed by atoms with Crippen molar-refractivity contribution in [1.29, 1.82) is 0 Å². The van der Waals surface area contributed by atoms with E-state index in [4.69, 9.17) is 17.0 Å². The smallest absolute Gasteiger partial charge is 0.336 e. The minimum absolute atomic E-state index is 0.0559. The summed E-state index contributed by atoms with van der Waals surface area (Å²) in [5.41, 5.74) is 2.32. The molecule has 0 fully saturated rings. The normalized spacial score (nSPS) is 10.2. The Labute approximate surface area is 164 Å². The van der Waals surface area contributed by atoms with E-state index in [1.54, 1.807) is 25.1 Å². The number of carboxylic acid groups (broad SMARTS) is 1. The molecule has 0 radical (unpaired) electrons. The first-order valence-electron chi connectivity index (χ1n) is 7.54. The van der Waals surface area contributed by atoms with Crippen molar-refractivity contribution in [3.63, 3.8) is 0 Å². The molecule has 0 unspecified atom stereocenters. The first-order chi connectivity index (χ1) is 12.2. The van der Waals surface area contributed by atoms with E-state index in [0.717, 1.165) is 10.0 Å². The molecule has 0 aliphatic carbocycles. The summed E-state index contributed by atoms with van der Waals surface area (Å²) in [6.45, 7) is 3.49. The lowest BCUT2D eigenvalue weighted by Gasteiger charge is -2.15. The van der Waals surface area contributed by atoms with Gasteiger partial charge in [0.25, 0.3) is 5.91 Å². The largest absolute Gasteiger partial charge is 0.496 e. The van der Waals surface area contributed by atoms with Crippen molar-refractivity contribution in [2.24, 2.45) is 0 Å². The average Bonchev–Trinajstić information content (AvgIpc) is 2.55. The van der Waals surface area contributed by atoms with Crippen LogP contribution in [0.2, 0.25) is 0 Å². The molecule has 26 heavy (non-hydrogen) atoms. The molecule has 2 aromatic carbocycles. The number of nitrogens with one attached hydrogen (secondary N) is 2. The van der Waals surface area contributed by atoms with Crippen LogP contribution < -0.4 is 15.4 Å². The van der Waals surface area contributed by atoms with Gasteiger partial charge in [0.05, 0.1) is 18.2 Å². The second kappa shape index (κ2) is 8.29. The summed E-state index contributed by atoms with van der Waals surface area (Å²) < 4.78 is 6.04. The summed E-state index contributed by atoms with van der Waals surface area (Å²) in [5.74, 6) is -1.01. The molecule has 136 valence electrons. The molecular formula is C18H17BrN2O4S. The molecule has 0 atom stereocenters. The third-order valence-corrected chi connectivity index (χ3v) is 4.39. The number of halogens is 1. The summed E-state index contributed by atoms with van der Waals surface area (Å²) in [4.78, 5) is 23.8. The van der Waals surface area contributed by atoms with Crippen molar-refractivity contribution in [1.82, 2.24) is 5.32 Å². The van der Waals surface area contributed by atoms with E-state index >= 15 is 0 Å². The molecule has 0 aromatic heterocycles. The first kappa shape index (κ1) is 19.9. The Morgan fingerprint density at radius 2 is 1.88 bits per heavy atom. The Morgan fingerprint density at radius 3 is 2.50 bits per heavy atom. The minimum Gasteiger partial charge on any atom is -0.496 e. The lowest BCUT2D eigenvalue weighted by molar-refractivity contribution is 0.0696. The van der Waals surface area contributed by atoms with Crippen LogP contribution >= 0.6 is 28.1 Å². The minimum atomic E-state index is -1.03. The lowest BCUT2D eigenvalue weighted by Crippen LogP contribution is -2.34. The summed E-state index contributed by atoms with van der Waals surface area (Å²) in [5, 5.41) is 14.7. The molecule has 1 amide bonds. The number of hydrogen-bond donors (Lipinski definition) is 3. The van der Waals surface area contributed by atoms with Crippen molar-refractivity contribution in [2.45, 2.75) is 13.8 Å². The fourth-order valence-corrected chi connectivity index (χ4v) is 3.27. The Hall–Kier alpha value is -2.45. The average molecular weight is 437 g/mol. The van der Waals surface area contributed by atoms with Crippen molar-refractivity contribution in [3.05, 3.63) is 57.1 Å². The molecule has 0 bridgehead atoms. The van der Waals surface area contributed by atoms with E-state index in [0.29, 0.717) is 22.6 Å². The molecule has 0 aliphatic rings. The summed E-state index contributed by atoms with van der Waals surface area (Å²) in [7, 11) is 1.49. The Bertz CT molecular complexity index is 899. The molecule has 6 nitrogen and oxygen atoms in total. The summed E-state index contributed by atoms with van der Waals surface area (Å²) in [6.07, 6.45) is 0. The standard InChI is InChI=1S/C18H17BrN2O4S/c1-9-7-11(19)8-13(15(9)25-3)16(22)21-18(26)20-14-6-4-5-12(10(14)2)17(23)24/h4-8H,1-3H3,(H,23,24)(H2,20,21,22,26). The SMILES string of the molecule is COc1c(C)cc(Br)cc1C(=O)NC(=S)Nc1cccc(C(=O)O)c1C. The Kier molecular flexibility index (Phi) is 6.33. The maximum Gasteiger partial charge on any atom is 0.336 e. The number of methoxy groups -OCH3 is 1. The Balaban J connectivity index is 2.20. The number of carboxylic acids is 1. The van der Waals surface area contributed by atoms with Crippen molar-refractivity contribution in [3.8, 4) is 5.75 Å². The zero-order valence-corrected chi connectivity index (χ0v) is 16.7. The van der Waals surface area contributed by atoms with E-state index in [1.165, 1.54) is 13.2 Å². The number of amides is 1. The van der Waals surface area contributed by atoms with Gasteiger partial charge in [-0.2, -0.15) is 0 Å². The van der Waals surface area contributed by atoms with Crippen molar-refractivity contribution >= 4 is 50.8 Å². The van der Waals surface area contributed by atoms with Crippen LogP contribution in [0.15, 0.2) is 34.8 Å². The lowest BCUT2D eigenvalue weighted by atomic mass is 10.1. The number of carbonyl (C=O) groups is 2. The van der Waals surface area contributed by atoms with Gasteiger partial charge in [-0.25, -0.2) is 4.79 Å². The van der Waals surface area contributed by atoms with E-state index in [2.05, 4.69) is 26.6 Å². The zero-order valence-electron chi connectivity index (χ0n) is 14.3. The van der Waals surface area contributed by atoms with Gasteiger partial charge >= 0.3 is 5.97 Å². The molecule has 2 rings (SSSR count). The monoisotopic (exact) mass is 436 g/mol. The van der Waals surface area contributed by atoms with Crippen molar-refractivity contribution in [2.75, 3.05) is 12.4 Å². The molecular weight excluding hydrogens is 420 g/mol. The maximum atomic E-state index is 12.6. The number of carbonyl (C=O) groups excluding carboxylic acids is 1. The van der Waals surface area contributed by atoms with Crippen LogP contribution in [0, 0.1) is 13.8 Å². The predicted octanol–water partition coefficient (Wildman–Crippen LogP) is 3.90. The quantitative estimate of drug-likeness (QED) is 0.629. The number of aryl methyl sites for hydroxylation is 1. The van der Waals surface area contributed by atoms with Crippen molar-refractivity contribution < 1.29 is 19.4 Å². The highest BCUT2D eigenvalue weighted by molar-refractivity contribution is 9.10. The molecule has 0 aliphatic heterocycles. The third kappa shape index (κ3) is 4.39. The fraction of sp³-hybridized carbons (Fsp3) is 0.167. The molecule has 0 saturated carbocycles. The van der Waals surface area contributed by atoms with E-state index in [1.807, 2.05) is 13.0 Å². The molecule has 0 spiro atoms. The first-order valence-corrected chi connectivity index (χ1v) is 8.74. The number of thiocarbonyl (C=S) groups is 1. The highest BCUT2D eigenvalue weighted by Crippen LogP contribution is 2.27. The van der Waals surface area contributed by atoms with E-state index in [9.17, 15) is 14.7 Å². The van der Waals surface area contributed by atoms with Gasteiger partial charge in [-0.1, -0.05) is 22.0 Å². The predicted molar refractivity (Wildman–Crippen MR) is 107 cm³/mol. The Morgan fingerprint density at radius 1 is 1.19 bits per heavy atom. The van der Waals surface area contributed by atoms with Crippen LogP contribution in [-0.2, 0) is 0 Å². The topological polar surface area (TPSA) is 87.7 Å². The maximum absolute atomic E-state index is 12.6. The van der Waals surface area contributed by atoms with Crippen LogP contribution in [0.1, 0.15) is 31.8 Å². The molecule has 8 heteroatoms. The molecule has 3 N–H and O–H groups in total. The second-order valence-electron chi connectivity index (χ2n) is 5.50. The zero-order chi connectivity index (χ0) is 19.4. The number of hydrogen-bond acceptors (Lipinski definition) is 4. The van der Waals surface area contributed by atoms with Gasteiger partial charge < -0.3 is 15.2 Å². The van der Waals surface area contributed by atoms with Gasteiger partial charge in [0, 0.05) is 10.2 Å². The molecule has 2 aromatic rings. The molecule has 0 saturated heterocycles. The third-order valence-electron chi connectivity index (χ3n) is 3.73. The van der Waals surface area contributed by atoms with E-state index < -0.39 is 11.9 Å². The highest BCUT2D eigenvalue weighted by Gasteiger charge is 2.17. The summed E-state index contributed by atoms with van der Waals surface area (Å²) >= 11 is 8.54. The molecule has 0 heterocycles. The van der Waals surface area contributed by atoms with Crippen LogP contribution in [0.4, 0.5) is 5.69 Å². The highest BCUT2D eigenvalue weighted by atomic mass is 79.9. The van der Waals surface area contributed by atoms with Gasteiger partial charge in [0.1, 0.15) is 5.75 Å². The number of anilines is 1.